The number of aromatic nitrogens is 1. The molecule has 1 aliphatic rings. The Morgan fingerprint density at radius 1 is 1.58 bits per heavy atom. The van der Waals surface area contributed by atoms with E-state index in [0.29, 0.717) is 11.6 Å². The van der Waals surface area contributed by atoms with Crippen molar-refractivity contribution < 1.29 is 19.4 Å². The predicted octanol–water partition coefficient (Wildman–Crippen LogP) is 1.27. The van der Waals surface area contributed by atoms with Gasteiger partial charge in [0.25, 0.3) is 0 Å². The number of methoxy groups -OCH3 is 1. The number of ether oxygens (including phenoxy) is 1. The van der Waals surface area contributed by atoms with Crippen LogP contribution in [0.25, 0.3) is 0 Å². The second-order valence-electron chi connectivity index (χ2n) is 4.68. The molecule has 7 heteroatoms. The van der Waals surface area contributed by atoms with Crippen molar-refractivity contribution in [2.75, 3.05) is 13.7 Å². The summed E-state index contributed by atoms with van der Waals surface area (Å²) in [4.78, 5) is 26.7. The fourth-order valence-corrected chi connectivity index (χ4v) is 2.86. The zero-order valence-corrected chi connectivity index (χ0v) is 11.5. The molecule has 1 heterocycles. The summed E-state index contributed by atoms with van der Waals surface area (Å²) in [6.07, 6.45) is 2.72. The number of carboxylic acid groups (broad SMARTS) is 1. The van der Waals surface area contributed by atoms with Gasteiger partial charge in [0.1, 0.15) is 5.01 Å². The van der Waals surface area contributed by atoms with Gasteiger partial charge >= 0.3 is 5.97 Å². The maximum absolute atomic E-state index is 12.1. The van der Waals surface area contributed by atoms with Gasteiger partial charge in [-0.3, -0.25) is 4.79 Å². The average molecular weight is 284 g/mol. The lowest BCUT2D eigenvalue weighted by Gasteiger charge is -2.39. The van der Waals surface area contributed by atoms with Crippen molar-refractivity contribution in [1.82, 2.24) is 10.3 Å². The van der Waals surface area contributed by atoms with Gasteiger partial charge in [-0.05, 0) is 12.8 Å². The molecule has 1 amide bonds. The molecule has 1 saturated carbocycles. The van der Waals surface area contributed by atoms with Crippen LogP contribution in [0.1, 0.15) is 34.8 Å². The average Bonchev–Trinajstić information content (AvgIpc) is 2.79. The van der Waals surface area contributed by atoms with Crippen molar-refractivity contribution in [3.63, 3.8) is 0 Å². The normalized spacial score (nSPS) is 16.7. The molecule has 0 atom stereocenters. The van der Waals surface area contributed by atoms with Crippen LogP contribution in [0.2, 0.25) is 0 Å². The van der Waals surface area contributed by atoms with Crippen molar-refractivity contribution in [2.24, 2.45) is 5.41 Å². The third kappa shape index (κ3) is 2.93. The number of amides is 1. The van der Waals surface area contributed by atoms with Gasteiger partial charge in [-0.2, -0.15) is 0 Å². The monoisotopic (exact) mass is 284 g/mol. The third-order valence-corrected chi connectivity index (χ3v) is 4.23. The number of hydrogen-bond donors (Lipinski definition) is 2. The highest BCUT2D eigenvalue weighted by Crippen LogP contribution is 2.41. The van der Waals surface area contributed by atoms with E-state index in [9.17, 15) is 9.59 Å². The van der Waals surface area contributed by atoms with E-state index in [-0.39, 0.29) is 18.1 Å². The van der Waals surface area contributed by atoms with Crippen LogP contribution in [0, 0.1) is 5.41 Å². The van der Waals surface area contributed by atoms with Crippen molar-refractivity contribution in [1.29, 1.82) is 0 Å². The molecule has 0 aromatic carbocycles. The smallest absolute Gasteiger partial charge is 0.355 e. The van der Waals surface area contributed by atoms with E-state index in [0.717, 1.165) is 19.3 Å². The molecule has 0 bridgehead atoms. The van der Waals surface area contributed by atoms with Gasteiger partial charge in [-0.15, -0.1) is 11.3 Å². The minimum atomic E-state index is -1.05. The SMILES string of the molecule is COCC1(C(=O)NCc2nc(C(=O)O)cs2)CCC1. The standard InChI is InChI=1S/C12H16N2O4S/c1-18-7-12(3-2-4-12)11(17)13-5-9-14-8(6-19-9)10(15)16/h6H,2-5,7H2,1H3,(H,13,17)(H,15,16). The summed E-state index contributed by atoms with van der Waals surface area (Å²) in [5.41, 5.74) is -0.383. The maximum Gasteiger partial charge on any atom is 0.355 e. The first-order chi connectivity index (χ1) is 9.07. The highest BCUT2D eigenvalue weighted by molar-refractivity contribution is 7.09. The summed E-state index contributed by atoms with van der Waals surface area (Å²) in [6, 6.07) is 0. The van der Waals surface area contributed by atoms with Crippen LogP contribution in [0.15, 0.2) is 5.38 Å². The topological polar surface area (TPSA) is 88.5 Å². The Morgan fingerprint density at radius 2 is 2.32 bits per heavy atom. The zero-order chi connectivity index (χ0) is 13.9. The summed E-state index contributed by atoms with van der Waals surface area (Å²) in [6.45, 7) is 0.694. The van der Waals surface area contributed by atoms with Crippen LogP contribution in [0.5, 0.6) is 0 Å². The molecule has 6 nitrogen and oxygen atoms in total. The second kappa shape index (κ2) is 5.66. The lowest BCUT2D eigenvalue weighted by molar-refractivity contribution is -0.140. The molecular formula is C12H16N2O4S. The molecule has 2 rings (SSSR count). The Labute approximate surface area is 114 Å². The first kappa shape index (κ1) is 14.0. The van der Waals surface area contributed by atoms with Gasteiger partial charge in [-0.1, -0.05) is 6.42 Å². The Hall–Kier alpha value is -1.47. The molecule has 2 N–H and O–H groups in total. The zero-order valence-electron chi connectivity index (χ0n) is 10.6. The van der Waals surface area contributed by atoms with E-state index in [1.165, 1.54) is 16.7 Å². The van der Waals surface area contributed by atoms with E-state index >= 15 is 0 Å². The van der Waals surface area contributed by atoms with Crippen LogP contribution in [0.4, 0.5) is 0 Å². The Kier molecular flexibility index (Phi) is 4.16. The molecule has 0 spiro atoms. The van der Waals surface area contributed by atoms with Gasteiger partial charge < -0.3 is 15.2 Å². The molecule has 19 heavy (non-hydrogen) atoms. The number of carbonyl (C=O) groups excluding carboxylic acids is 1. The minimum Gasteiger partial charge on any atom is -0.476 e. The van der Waals surface area contributed by atoms with E-state index in [1.807, 2.05) is 0 Å². The second-order valence-corrected chi connectivity index (χ2v) is 5.62. The van der Waals surface area contributed by atoms with Gasteiger partial charge in [0.05, 0.1) is 18.6 Å². The molecule has 0 aliphatic heterocycles. The summed E-state index contributed by atoms with van der Waals surface area (Å²) < 4.78 is 5.11. The Morgan fingerprint density at radius 3 is 2.79 bits per heavy atom. The number of rotatable bonds is 6. The molecule has 1 aromatic rings. The Balaban J connectivity index is 1.90. The number of carboxylic acids is 1. The first-order valence-electron chi connectivity index (χ1n) is 6.02. The molecule has 0 saturated heterocycles. The largest absolute Gasteiger partial charge is 0.476 e. The van der Waals surface area contributed by atoms with Crippen LogP contribution in [0.3, 0.4) is 0 Å². The van der Waals surface area contributed by atoms with Crippen molar-refractivity contribution in [2.45, 2.75) is 25.8 Å². The van der Waals surface area contributed by atoms with Gasteiger partial charge in [0.15, 0.2) is 5.69 Å². The lowest BCUT2D eigenvalue weighted by Crippen LogP contribution is -2.48. The fraction of sp³-hybridized carbons (Fsp3) is 0.583. The summed E-state index contributed by atoms with van der Waals surface area (Å²) in [5, 5.41) is 13.6. The van der Waals surface area contributed by atoms with Crippen LogP contribution in [-0.4, -0.2) is 35.7 Å². The number of nitrogens with one attached hydrogen (secondary N) is 1. The fourth-order valence-electron chi connectivity index (χ4n) is 2.15. The highest BCUT2D eigenvalue weighted by atomic mass is 32.1. The molecule has 0 radical (unpaired) electrons. The number of thiazole rings is 1. The van der Waals surface area contributed by atoms with Crippen molar-refractivity contribution in [3.8, 4) is 0 Å². The summed E-state index contributed by atoms with van der Waals surface area (Å²) in [7, 11) is 1.59. The predicted molar refractivity (Wildman–Crippen MR) is 69.1 cm³/mol. The number of aromatic carboxylic acids is 1. The van der Waals surface area contributed by atoms with Crippen LogP contribution >= 0.6 is 11.3 Å². The molecule has 1 fully saturated rings. The van der Waals surface area contributed by atoms with E-state index < -0.39 is 11.4 Å². The molecule has 1 aliphatic carbocycles. The quantitative estimate of drug-likeness (QED) is 0.821. The molecule has 0 unspecified atom stereocenters. The Bertz CT molecular complexity index is 482. The molecule has 1 aromatic heterocycles. The minimum absolute atomic E-state index is 0.0181. The van der Waals surface area contributed by atoms with Crippen LogP contribution < -0.4 is 5.32 Å². The molecule has 104 valence electrons. The van der Waals surface area contributed by atoms with Crippen LogP contribution in [-0.2, 0) is 16.1 Å². The van der Waals surface area contributed by atoms with Gasteiger partial charge in [0.2, 0.25) is 5.91 Å². The van der Waals surface area contributed by atoms with E-state index in [1.54, 1.807) is 7.11 Å². The van der Waals surface area contributed by atoms with E-state index in [4.69, 9.17) is 9.84 Å². The first-order valence-corrected chi connectivity index (χ1v) is 6.90. The third-order valence-electron chi connectivity index (χ3n) is 3.38. The van der Waals surface area contributed by atoms with E-state index in [2.05, 4.69) is 10.3 Å². The molecular weight excluding hydrogens is 268 g/mol. The summed E-state index contributed by atoms with van der Waals surface area (Å²) in [5.74, 6) is -1.09. The number of hydrogen-bond acceptors (Lipinski definition) is 5. The number of nitrogens with zero attached hydrogens (tertiary/aromatic N) is 1. The van der Waals surface area contributed by atoms with Gasteiger partial charge in [0, 0.05) is 12.5 Å². The maximum atomic E-state index is 12.1. The van der Waals surface area contributed by atoms with Gasteiger partial charge in [-0.25, -0.2) is 9.78 Å². The number of carbonyl (C=O) groups is 2. The highest BCUT2D eigenvalue weighted by Gasteiger charge is 2.44. The summed E-state index contributed by atoms with van der Waals surface area (Å²) >= 11 is 1.23. The lowest BCUT2D eigenvalue weighted by atomic mass is 9.68. The van der Waals surface area contributed by atoms with Crippen molar-refractivity contribution in [3.05, 3.63) is 16.1 Å². The van der Waals surface area contributed by atoms with Crippen molar-refractivity contribution >= 4 is 23.2 Å².